The van der Waals surface area contributed by atoms with Crippen LogP contribution in [-0.2, 0) is 0 Å². The normalized spacial score (nSPS) is 11.0. The highest BCUT2D eigenvalue weighted by Gasteiger charge is 2.11. The van der Waals surface area contributed by atoms with Crippen molar-refractivity contribution in [1.82, 2.24) is 0 Å². The lowest BCUT2D eigenvalue weighted by Gasteiger charge is -2.03. The first-order chi connectivity index (χ1) is 7.77. The molecule has 2 nitrogen and oxygen atoms in total. The van der Waals surface area contributed by atoms with Crippen LogP contribution >= 0.6 is 11.3 Å². The SMILES string of the molecule is O=C(O)c1cc2sccc2c2ccccc12. The Kier molecular flexibility index (Phi) is 1.94. The van der Waals surface area contributed by atoms with Gasteiger partial charge in [-0.3, -0.25) is 0 Å². The fraction of sp³-hybridized carbons (Fsp3) is 0. The van der Waals surface area contributed by atoms with Gasteiger partial charge in [0.1, 0.15) is 0 Å². The summed E-state index contributed by atoms with van der Waals surface area (Å²) in [5.74, 6) is -0.869. The van der Waals surface area contributed by atoms with Crippen molar-refractivity contribution in [1.29, 1.82) is 0 Å². The maximum atomic E-state index is 11.2. The van der Waals surface area contributed by atoms with Crippen molar-refractivity contribution in [2.24, 2.45) is 0 Å². The van der Waals surface area contributed by atoms with Crippen LogP contribution in [0.3, 0.4) is 0 Å². The Labute approximate surface area is 95.8 Å². The summed E-state index contributed by atoms with van der Waals surface area (Å²) in [6.07, 6.45) is 0. The Bertz CT molecular complexity index is 697. The number of rotatable bonds is 1. The van der Waals surface area contributed by atoms with Crippen molar-refractivity contribution in [2.45, 2.75) is 0 Å². The summed E-state index contributed by atoms with van der Waals surface area (Å²) in [7, 11) is 0. The average molecular weight is 228 g/mol. The van der Waals surface area contributed by atoms with Crippen LogP contribution in [-0.4, -0.2) is 11.1 Å². The monoisotopic (exact) mass is 228 g/mol. The fourth-order valence-corrected chi connectivity index (χ4v) is 2.84. The summed E-state index contributed by atoms with van der Waals surface area (Å²) < 4.78 is 1.02. The number of carboxylic acids is 1. The van der Waals surface area contributed by atoms with Gasteiger partial charge in [0, 0.05) is 10.1 Å². The number of aromatic carboxylic acids is 1. The van der Waals surface area contributed by atoms with E-state index in [4.69, 9.17) is 0 Å². The molecule has 0 atom stereocenters. The molecule has 3 rings (SSSR count). The largest absolute Gasteiger partial charge is 0.478 e. The number of carbonyl (C=O) groups is 1. The van der Waals surface area contributed by atoms with Crippen LogP contribution < -0.4 is 0 Å². The van der Waals surface area contributed by atoms with Gasteiger partial charge in [-0.05, 0) is 28.3 Å². The van der Waals surface area contributed by atoms with Gasteiger partial charge in [-0.25, -0.2) is 4.79 Å². The van der Waals surface area contributed by atoms with Gasteiger partial charge >= 0.3 is 5.97 Å². The average Bonchev–Trinajstić information content (AvgIpc) is 2.75. The molecular weight excluding hydrogens is 220 g/mol. The zero-order valence-electron chi connectivity index (χ0n) is 8.31. The summed E-state index contributed by atoms with van der Waals surface area (Å²) >= 11 is 1.57. The Balaban J connectivity index is 2.60. The summed E-state index contributed by atoms with van der Waals surface area (Å²) in [6, 6.07) is 11.4. The van der Waals surface area contributed by atoms with E-state index in [1.165, 1.54) is 0 Å². The van der Waals surface area contributed by atoms with Gasteiger partial charge in [0.05, 0.1) is 5.56 Å². The standard InChI is InChI=1S/C13H8O2S/c14-13(15)11-7-12-10(5-6-16-12)8-3-1-2-4-9(8)11/h1-7H,(H,14,15). The van der Waals surface area contributed by atoms with Crippen molar-refractivity contribution in [2.75, 3.05) is 0 Å². The van der Waals surface area contributed by atoms with Gasteiger partial charge in [-0.1, -0.05) is 24.3 Å². The second-order valence-electron chi connectivity index (χ2n) is 3.61. The fourth-order valence-electron chi connectivity index (χ4n) is 1.99. The molecule has 3 heteroatoms. The Morgan fingerprint density at radius 2 is 1.81 bits per heavy atom. The predicted octanol–water partition coefficient (Wildman–Crippen LogP) is 3.75. The van der Waals surface area contributed by atoms with E-state index in [0.717, 1.165) is 20.9 Å². The van der Waals surface area contributed by atoms with Gasteiger partial charge in [0.2, 0.25) is 0 Å². The lowest BCUT2D eigenvalue weighted by Crippen LogP contribution is -1.97. The molecule has 0 saturated carbocycles. The summed E-state index contributed by atoms with van der Waals surface area (Å²) in [6.45, 7) is 0. The van der Waals surface area contributed by atoms with Crippen LogP contribution in [0.1, 0.15) is 10.4 Å². The van der Waals surface area contributed by atoms with Crippen molar-refractivity contribution in [3.8, 4) is 0 Å². The van der Waals surface area contributed by atoms with Gasteiger partial charge in [0.25, 0.3) is 0 Å². The number of hydrogen-bond donors (Lipinski definition) is 1. The lowest BCUT2D eigenvalue weighted by molar-refractivity contribution is 0.0699. The molecule has 3 aromatic rings. The first kappa shape index (κ1) is 9.36. The molecule has 1 aromatic heterocycles. The van der Waals surface area contributed by atoms with Crippen LogP contribution in [0.2, 0.25) is 0 Å². The van der Waals surface area contributed by atoms with Crippen LogP contribution in [0, 0.1) is 0 Å². The van der Waals surface area contributed by atoms with E-state index < -0.39 is 5.97 Å². The van der Waals surface area contributed by atoms with Crippen molar-refractivity contribution in [3.05, 3.63) is 47.3 Å². The molecule has 0 aliphatic heterocycles. The first-order valence-corrected chi connectivity index (χ1v) is 5.77. The number of thiophene rings is 1. The molecule has 1 N–H and O–H groups in total. The lowest BCUT2D eigenvalue weighted by atomic mass is 10.0. The second kappa shape index (κ2) is 3.32. The third-order valence-corrected chi connectivity index (χ3v) is 3.57. The van der Waals surface area contributed by atoms with E-state index in [9.17, 15) is 9.90 Å². The molecule has 0 unspecified atom stereocenters. The smallest absolute Gasteiger partial charge is 0.336 e. The van der Waals surface area contributed by atoms with Crippen LogP contribution in [0.25, 0.3) is 20.9 Å². The molecule has 78 valence electrons. The molecular formula is C13H8O2S. The van der Waals surface area contributed by atoms with Crippen LogP contribution in [0.15, 0.2) is 41.8 Å². The minimum atomic E-state index is -0.869. The zero-order chi connectivity index (χ0) is 11.1. The molecule has 0 aliphatic carbocycles. The van der Waals surface area contributed by atoms with E-state index in [1.807, 2.05) is 35.7 Å². The molecule has 0 spiro atoms. The molecule has 0 fully saturated rings. The van der Waals surface area contributed by atoms with E-state index in [-0.39, 0.29) is 0 Å². The van der Waals surface area contributed by atoms with Gasteiger partial charge in [-0.15, -0.1) is 11.3 Å². The quantitative estimate of drug-likeness (QED) is 0.688. The zero-order valence-corrected chi connectivity index (χ0v) is 9.12. The maximum Gasteiger partial charge on any atom is 0.336 e. The minimum Gasteiger partial charge on any atom is -0.478 e. The highest BCUT2D eigenvalue weighted by molar-refractivity contribution is 7.17. The molecule has 0 radical (unpaired) electrons. The van der Waals surface area contributed by atoms with Crippen LogP contribution in [0.5, 0.6) is 0 Å². The van der Waals surface area contributed by atoms with E-state index in [2.05, 4.69) is 0 Å². The maximum absolute atomic E-state index is 11.2. The second-order valence-corrected chi connectivity index (χ2v) is 4.55. The number of hydrogen-bond acceptors (Lipinski definition) is 2. The minimum absolute atomic E-state index is 0.380. The number of benzene rings is 2. The van der Waals surface area contributed by atoms with Crippen molar-refractivity contribution < 1.29 is 9.90 Å². The number of fused-ring (bicyclic) bond motifs is 3. The van der Waals surface area contributed by atoms with Gasteiger partial charge < -0.3 is 5.11 Å². The predicted molar refractivity (Wildman–Crippen MR) is 66.3 cm³/mol. The van der Waals surface area contributed by atoms with Gasteiger partial charge in [-0.2, -0.15) is 0 Å². The van der Waals surface area contributed by atoms with Crippen molar-refractivity contribution in [3.63, 3.8) is 0 Å². The van der Waals surface area contributed by atoms with E-state index in [0.29, 0.717) is 5.56 Å². The molecule has 0 bridgehead atoms. The van der Waals surface area contributed by atoms with Crippen molar-refractivity contribution >= 4 is 38.2 Å². The third kappa shape index (κ3) is 1.22. The highest BCUT2D eigenvalue weighted by Crippen LogP contribution is 2.31. The third-order valence-electron chi connectivity index (χ3n) is 2.71. The highest BCUT2D eigenvalue weighted by atomic mass is 32.1. The molecule has 0 saturated heterocycles. The van der Waals surface area contributed by atoms with Gasteiger partial charge in [0.15, 0.2) is 0 Å². The number of carboxylic acid groups (broad SMARTS) is 1. The molecule has 2 aromatic carbocycles. The molecule has 16 heavy (non-hydrogen) atoms. The molecule has 0 amide bonds. The summed E-state index contributed by atoms with van der Waals surface area (Å²) in [4.78, 5) is 11.2. The Hall–Kier alpha value is -1.87. The Morgan fingerprint density at radius 3 is 2.56 bits per heavy atom. The molecule has 0 aliphatic rings. The Morgan fingerprint density at radius 1 is 1.06 bits per heavy atom. The summed E-state index contributed by atoms with van der Waals surface area (Å²) in [5, 5.41) is 14.1. The molecule has 1 heterocycles. The van der Waals surface area contributed by atoms with E-state index in [1.54, 1.807) is 17.4 Å². The topological polar surface area (TPSA) is 37.3 Å². The summed E-state index contributed by atoms with van der Waals surface area (Å²) in [5.41, 5.74) is 0.380. The van der Waals surface area contributed by atoms with E-state index >= 15 is 0 Å². The van der Waals surface area contributed by atoms with Crippen LogP contribution in [0.4, 0.5) is 0 Å². The first-order valence-electron chi connectivity index (χ1n) is 4.89.